The molecule has 0 fully saturated rings. The normalized spacial score (nSPS) is 12.7. The van der Waals surface area contributed by atoms with Crippen molar-refractivity contribution in [2.45, 2.75) is 97.7 Å². The van der Waals surface area contributed by atoms with Gasteiger partial charge in [-0.25, -0.2) is 4.79 Å². The van der Waals surface area contributed by atoms with Gasteiger partial charge in [0.15, 0.2) is 0 Å². The van der Waals surface area contributed by atoms with E-state index in [4.69, 9.17) is 8.92 Å². The summed E-state index contributed by atoms with van der Waals surface area (Å²) in [6, 6.07) is 8.13. The molecule has 0 saturated carbocycles. The highest BCUT2D eigenvalue weighted by molar-refractivity contribution is 7.89. The number of benzene rings is 1. The van der Waals surface area contributed by atoms with E-state index in [1.807, 2.05) is 0 Å². The first kappa shape index (κ1) is 25.4. The average molecular weight is 428 g/mol. The largest absolute Gasteiger partial charge is 0.446 e. The predicted molar refractivity (Wildman–Crippen MR) is 117 cm³/mol. The number of anilines is 1. The molecule has 0 aliphatic heterocycles. The molecule has 0 saturated heterocycles. The van der Waals surface area contributed by atoms with E-state index in [0.717, 1.165) is 19.3 Å². The van der Waals surface area contributed by atoms with E-state index in [-0.39, 0.29) is 5.69 Å². The van der Waals surface area contributed by atoms with Crippen LogP contribution in [-0.2, 0) is 19.2 Å². The van der Waals surface area contributed by atoms with Crippen LogP contribution in [0, 0.1) is 0 Å². The molecule has 0 N–H and O–H groups in total. The third-order valence-corrected chi connectivity index (χ3v) is 5.85. The standard InChI is InChI=1S/C22H37NO5S/c1-5-6-7-8-9-10-11-13-16-20(4)28-29(25,26)23(22(24)27-19(2)3)21-17-14-12-15-18-21/h12,14-15,17-20H,5-11,13,16H2,1-4H3. The zero-order chi connectivity index (χ0) is 21.7. The van der Waals surface area contributed by atoms with Crippen molar-refractivity contribution in [1.29, 1.82) is 0 Å². The summed E-state index contributed by atoms with van der Waals surface area (Å²) in [5, 5.41) is 0. The summed E-state index contributed by atoms with van der Waals surface area (Å²) >= 11 is 0. The lowest BCUT2D eigenvalue weighted by atomic mass is 10.1. The fourth-order valence-electron chi connectivity index (χ4n) is 3.00. The second-order valence-corrected chi connectivity index (χ2v) is 9.07. The van der Waals surface area contributed by atoms with Gasteiger partial charge in [-0.15, -0.1) is 4.31 Å². The van der Waals surface area contributed by atoms with Gasteiger partial charge in [0.05, 0.1) is 17.9 Å². The molecule has 0 bridgehead atoms. The van der Waals surface area contributed by atoms with E-state index in [0.29, 0.717) is 10.7 Å². The molecule has 29 heavy (non-hydrogen) atoms. The van der Waals surface area contributed by atoms with Crippen LogP contribution in [0.4, 0.5) is 10.5 Å². The van der Waals surface area contributed by atoms with E-state index in [1.54, 1.807) is 39.0 Å². The summed E-state index contributed by atoms with van der Waals surface area (Å²) in [4.78, 5) is 12.4. The zero-order valence-corrected chi connectivity index (χ0v) is 19.1. The number of hydrogen-bond donors (Lipinski definition) is 0. The molecule has 166 valence electrons. The quantitative estimate of drug-likeness (QED) is 0.330. The summed E-state index contributed by atoms with van der Waals surface area (Å²) in [6.45, 7) is 7.26. The minimum atomic E-state index is -4.32. The van der Waals surface area contributed by atoms with Gasteiger partial charge in [0, 0.05) is 0 Å². The van der Waals surface area contributed by atoms with Crippen LogP contribution in [0.3, 0.4) is 0 Å². The predicted octanol–water partition coefficient (Wildman–Crippen LogP) is 6.22. The van der Waals surface area contributed by atoms with Gasteiger partial charge in [0.2, 0.25) is 0 Å². The molecule has 0 heterocycles. The molecule has 0 spiro atoms. The molecule has 7 heteroatoms. The number of ether oxygens (including phenoxy) is 1. The minimum absolute atomic E-state index is 0.192. The molecule has 1 rings (SSSR count). The van der Waals surface area contributed by atoms with Gasteiger partial charge >= 0.3 is 16.4 Å². The molecule has 0 aliphatic carbocycles. The Morgan fingerprint density at radius 2 is 1.48 bits per heavy atom. The number of rotatable bonds is 14. The van der Waals surface area contributed by atoms with Crippen LogP contribution in [0.5, 0.6) is 0 Å². The van der Waals surface area contributed by atoms with E-state index >= 15 is 0 Å². The third-order valence-electron chi connectivity index (χ3n) is 4.47. The van der Waals surface area contributed by atoms with Crippen molar-refractivity contribution in [1.82, 2.24) is 0 Å². The van der Waals surface area contributed by atoms with Gasteiger partial charge in [-0.3, -0.25) is 4.18 Å². The van der Waals surface area contributed by atoms with E-state index in [2.05, 4.69) is 6.92 Å². The summed E-state index contributed by atoms with van der Waals surface area (Å²) in [5.41, 5.74) is 0.192. The fraction of sp³-hybridized carbons (Fsp3) is 0.682. The smallest absolute Gasteiger partial charge is 0.430 e. The molecule has 0 aromatic heterocycles. The van der Waals surface area contributed by atoms with Crippen molar-refractivity contribution < 1.29 is 22.1 Å². The van der Waals surface area contributed by atoms with Gasteiger partial charge in [-0.2, -0.15) is 8.42 Å². The number of nitrogens with zero attached hydrogens (tertiary/aromatic N) is 1. The number of carbonyl (C=O) groups is 1. The molecular formula is C22H37NO5S. The maximum absolute atomic E-state index is 12.8. The van der Waals surface area contributed by atoms with E-state index in [1.165, 1.54) is 44.2 Å². The molecule has 1 aromatic carbocycles. The van der Waals surface area contributed by atoms with Crippen LogP contribution >= 0.6 is 0 Å². The molecule has 0 aliphatic rings. The molecule has 1 unspecified atom stereocenters. The Bertz CT molecular complexity index is 676. The first-order valence-corrected chi connectivity index (χ1v) is 12.1. The highest BCUT2D eigenvalue weighted by Gasteiger charge is 2.33. The number of para-hydroxylation sites is 1. The fourth-order valence-corrected chi connectivity index (χ4v) is 4.21. The van der Waals surface area contributed by atoms with Crippen LogP contribution in [0.2, 0.25) is 0 Å². The molecule has 0 radical (unpaired) electrons. The average Bonchev–Trinajstić information content (AvgIpc) is 2.63. The van der Waals surface area contributed by atoms with Crippen molar-refractivity contribution in [2.24, 2.45) is 0 Å². The molecule has 1 amide bonds. The first-order chi connectivity index (χ1) is 13.8. The van der Waals surface area contributed by atoms with E-state index < -0.39 is 28.6 Å². The monoisotopic (exact) mass is 427 g/mol. The summed E-state index contributed by atoms with van der Waals surface area (Å²) in [5.74, 6) is 0. The molecular weight excluding hydrogens is 390 g/mol. The summed E-state index contributed by atoms with van der Waals surface area (Å²) in [6.07, 6.45) is 8.10. The van der Waals surface area contributed by atoms with Crippen LogP contribution in [0.1, 0.15) is 85.5 Å². The van der Waals surface area contributed by atoms with Crippen LogP contribution < -0.4 is 4.31 Å². The van der Waals surface area contributed by atoms with Crippen LogP contribution in [0.25, 0.3) is 0 Å². The second-order valence-electron chi connectivity index (χ2n) is 7.66. The van der Waals surface area contributed by atoms with Crippen molar-refractivity contribution in [2.75, 3.05) is 4.31 Å². The Hall–Kier alpha value is -1.60. The Balaban J connectivity index is 2.60. The molecule has 1 atom stereocenters. The lowest BCUT2D eigenvalue weighted by molar-refractivity contribution is 0.124. The Kier molecular flexibility index (Phi) is 11.9. The lowest BCUT2D eigenvalue weighted by Crippen LogP contribution is -2.40. The number of hydrogen-bond acceptors (Lipinski definition) is 5. The minimum Gasteiger partial charge on any atom is -0.446 e. The lowest BCUT2D eigenvalue weighted by Gasteiger charge is -2.24. The highest BCUT2D eigenvalue weighted by atomic mass is 32.2. The van der Waals surface area contributed by atoms with Crippen LogP contribution in [-0.4, -0.2) is 26.7 Å². The number of amides is 1. The summed E-state index contributed by atoms with van der Waals surface area (Å²) in [7, 11) is -4.32. The SMILES string of the molecule is CCCCCCCCCCC(C)OS(=O)(=O)N(C(=O)OC(C)C)c1ccccc1. The second kappa shape index (κ2) is 13.6. The highest BCUT2D eigenvalue weighted by Crippen LogP contribution is 2.22. The van der Waals surface area contributed by atoms with Gasteiger partial charge in [0.1, 0.15) is 0 Å². The number of unbranched alkanes of at least 4 members (excludes halogenated alkanes) is 7. The van der Waals surface area contributed by atoms with Crippen LogP contribution in [0.15, 0.2) is 30.3 Å². The van der Waals surface area contributed by atoms with Crippen molar-refractivity contribution in [3.05, 3.63) is 30.3 Å². The van der Waals surface area contributed by atoms with Crippen molar-refractivity contribution in [3.8, 4) is 0 Å². The van der Waals surface area contributed by atoms with E-state index in [9.17, 15) is 13.2 Å². The van der Waals surface area contributed by atoms with Crippen molar-refractivity contribution in [3.63, 3.8) is 0 Å². The van der Waals surface area contributed by atoms with Gasteiger partial charge in [0.25, 0.3) is 0 Å². The zero-order valence-electron chi connectivity index (χ0n) is 18.3. The molecule has 6 nitrogen and oxygen atoms in total. The number of carbonyl (C=O) groups excluding carboxylic acids is 1. The summed E-state index contributed by atoms with van der Waals surface area (Å²) < 4.78 is 36.6. The maximum Gasteiger partial charge on any atom is 0.430 e. The van der Waals surface area contributed by atoms with Gasteiger partial charge < -0.3 is 4.74 Å². The Labute approximate surface area is 176 Å². The first-order valence-electron chi connectivity index (χ1n) is 10.8. The maximum atomic E-state index is 12.8. The Morgan fingerprint density at radius 1 is 0.931 bits per heavy atom. The van der Waals surface area contributed by atoms with Crippen molar-refractivity contribution >= 4 is 22.1 Å². The van der Waals surface area contributed by atoms with Gasteiger partial charge in [-0.1, -0.05) is 76.5 Å². The van der Waals surface area contributed by atoms with Gasteiger partial charge in [-0.05, 0) is 39.3 Å². The Morgan fingerprint density at radius 3 is 2.03 bits per heavy atom. The molecule has 1 aromatic rings. The topological polar surface area (TPSA) is 72.9 Å². The third kappa shape index (κ3) is 10.1.